The van der Waals surface area contributed by atoms with Crippen LogP contribution < -0.4 is 15.4 Å². The quantitative estimate of drug-likeness (QED) is 0.726. The van der Waals surface area contributed by atoms with Crippen molar-refractivity contribution in [1.29, 1.82) is 0 Å². The number of benzene rings is 1. The van der Waals surface area contributed by atoms with Crippen molar-refractivity contribution in [1.82, 2.24) is 4.98 Å². The molecular formula is C16H13F6N3O2. The Labute approximate surface area is 149 Å². The predicted octanol–water partition coefficient (Wildman–Crippen LogP) is 4.09. The van der Waals surface area contributed by atoms with Crippen molar-refractivity contribution in [3.05, 3.63) is 48.2 Å². The first kappa shape index (κ1) is 20.3. The normalized spacial score (nSPS) is 11.8. The van der Waals surface area contributed by atoms with Crippen LogP contribution in [0.5, 0.6) is 5.88 Å². The summed E-state index contributed by atoms with van der Waals surface area (Å²) in [5.41, 5.74) is -0.564. The number of pyridine rings is 1. The number of carbonyl (C=O) groups is 1. The molecule has 0 saturated heterocycles. The minimum Gasteiger partial charge on any atom is -0.468 e. The third kappa shape index (κ3) is 7.04. The number of ether oxygens (including phenoxy) is 1. The van der Waals surface area contributed by atoms with Crippen molar-refractivity contribution >= 4 is 17.3 Å². The number of alkyl halides is 6. The monoisotopic (exact) mass is 393 g/mol. The molecule has 0 atom stereocenters. The molecule has 5 nitrogen and oxygen atoms in total. The summed E-state index contributed by atoms with van der Waals surface area (Å²) in [6, 6.07) is 6.76. The van der Waals surface area contributed by atoms with Crippen molar-refractivity contribution < 1.29 is 35.9 Å². The van der Waals surface area contributed by atoms with Gasteiger partial charge >= 0.3 is 12.4 Å². The fourth-order valence-corrected chi connectivity index (χ4v) is 1.89. The lowest BCUT2D eigenvalue weighted by Gasteiger charge is -2.11. The van der Waals surface area contributed by atoms with Crippen molar-refractivity contribution in [2.24, 2.45) is 0 Å². The fraction of sp³-hybridized carbons (Fsp3) is 0.250. The molecule has 1 amide bonds. The van der Waals surface area contributed by atoms with Crippen molar-refractivity contribution in [3.8, 4) is 5.88 Å². The second-order valence-corrected chi connectivity index (χ2v) is 5.27. The summed E-state index contributed by atoms with van der Waals surface area (Å²) in [6.45, 7) is -1.82. The smallest absolute Gasteiger partial charge is 0.422 e. The maximum atomic E-state index is 12.6. The third-order valence-electron chi connectivity index (χ3n) is 3.05. The van der Waals surface area contributed by atoms with Gasteiger partial charge in [0.05, 0.1) is 24.0 Å². The number of nitrogens with zero attached hydrogens (tertiary/aromatic N) is 1. The van der Waals surface area contributed by atoms with Gasteiger partial charge in [0.1, 0.15) is 0 Å². The highest BCUT2D eigenvalue weighted by Gasteiger charge is 2.30. The van der Waals surface area contributed by atoms with Gasteiger partial charge in [0.15, 0.2) is 6.61 Å². The Morgan fingerprint density at radius 3 is 2.37 bits per heavy atom. The van der Waals surface area contributed by atoms with Gasteiger partial charge in [-0.15, -0.1) is 0 Å². The van der Waals surface area contributed by atoms with E-state index in [4.69, 9.17) is 0 Å². The lowest BCUT2D eigenvalue weighted by Crippen LogP contribution is -2.22. The molecule has 146 valence electrons. The summed E-state index contributed by atoms with van der Waals surface area (Å²) < 4.78 is 78.4. The summed E-state index contributed by atoms with van der Waals surface area (Å²) in [5.74, 6) is -0.856. The molecule has 0 radical (unpaired) electrons. The molecule has 0 saturated carbocycles. The summed E-state index contributed by atoms with van der Waals surface area (Å²) in [7, 11) is 0. The van der Waals surface area contributed by atoms with Crippen LogP contribution in [-0.2, 0) is 11.0 Å². The molecule has 0 aliphatic heterocycles. The summed E-state index contributed by atoms with van der Waals surface area (Å²) in [4.78, 5) is 15.4. The summed E-state index contributed by atoms with van der Waals surface area (Å²) >= 11 is 0. The van der Waals surface area contributed by atoms with Crippen molar-refractivity contribution in [2.45, 2.75) is 12.4 Å². The Kier molecular flexibility index (Phi) is 6.13. The van der Waals surface area contributed by atoms with E-state index in [1.54, 1.807) is 0 Å². The molecule has 1 aromatic carbocycles. The molecule has 2 aromatic rings. The van der Waals surface area contributed by atoms with Crippen LogP contribution in [0.2, 0.25) is 0 Å². The molecule has 0 spiro atoms. The van der Waals surface area contributed by atoms with Crippen LogP contribution in [0.25, 0.3) is 0 Å². The van der Waals surface area contributed by atoms with Gasteiger partial charge in [0.2, 0.25) is 11.8 Å². The number of halogens is 6. The van der Waals surface area contributed by atoms with Crippen LogP contribution in [0.1, 0.15) is 5.56 Å². The van der Waals surface area contributed by atoms with Gasteiger partial charge in [-0.2, -0.15) is 26.3 Å². The average Bonchev–Trinajstić information content (AvgIpc) is 2.58. The van der Waals surface area contributed by atoms with Gasteiger partial charge in [-0.05, 0) is 24.3 Å². The van der Waals surface area contributed by atoms with Gasteiger partial charge in [-0.25, -0.2) is 4.98 Å². The van der Waals surface area contributed by atoms with Gasteiger partial charge < -0.3 is 15.4 Å². The average molecular weight is 393 g/mol. The topological polar surface area (TPSA) is 63.2 Å². The van der Waals surface area contributed by atoms with E-state index in [0.29, 0.717) is 0 Å². The highest BCUT2D eigenvalue weighted by molar-refractivity contribution is 5.93. The molecule has 0 aliphatic rings. The second-order valence-electron chi connectivity index (χ2n) is 5.27. The van der Waals surface area contributed by atoms with Gasteiger partial charge in [-0.3, -0.25) is 4.79 Å². The standard InChI is InChI=1S/C16H13F6N3O2/c17-15(18,19)9-27-14-5-4-12(7-24-14)25-13(26)8-23-11-3-1-2-10(6-11)16(20,21)22/h1-7,23H,8-9H2,(H,25,26). The highest BCUT2D eigenvalue weighted by atomic mass is 19.4. The molecule has 0 aliphatic carbocycles. The Balaban J connectivity index is 1.85. The zero-order chi connectivity index (χ0) is 20.1. The van der Waals surface area contributed by atoms with Crippen LogP contribution in [0.4, 0.5) is 37.7 Å². The maximum absolute atomic E-state index is 12.6. The largest absolute Gasteiger partial charge is 0.468 e. The number of hydrogen-bond acceptors (Lipinski definition) is 4. The lowest BCUT2D eigenvalue weighted by molar-refractivity contribution is -0.154. The van der Waals surface area contributed by atoms with Gasteiger partial charge in [0.25, 0.3) is 0 Å². The van der Waals surface area contributed by atoms with Gasteiger partial charge in [-0.1, -0.05) is 6.07 Å². The molecular weight excluding hydrogens is 380 g/mol. The van der Waals surface area contributed by atoms with E-state index in [9.17, 15) is 31.1 Å². The van der Waals surface area contributed by atoms with Crippen molar-refractivity contribution in [2.75, 3.05) is 23.8 Å². The fourth-order valence-electron chi connectivity index (χ4n) is 1.89. The van der Waals surface area contributed by atoms with E-state index < -0.39 is 30.4 Å². The predicted molar refractivity (Wildman–Crippen MR) is 84.4 cm³/mol. The number of carbonyl (C=O) groups excluding carboxylic acids is 1. The molecule has 1 heterocycles. The Morgan fingerprint density at radius 2 is 1.78 bits per heavy atom. The second kappa shape index (κ2) is 8.14. The Bertz CT molecular complexity index is 775. The van der Waals surface area contributed by atoms with E-state index >= 15 is 0 Å². The highest BCUT2D eigenvalue weighted by Crippen LogP contribution is 2.30. The van der Waals surface area contributed by atoms with Crippen LogP contribution in [0.3, 0.4) is 0 Å². The Hall–Kier alpha value is -2.98. The first-order valence-corrected chi connectivity index (χ1v) is 7.39. The molecule has 0 bridgehead atoms. The van der Waals surface area contributed by atoms with E-state index in [0.717, 1.165) is 24.4 Å². The SMILES string of the molecule is O=C(CNc1cccc(C(F)(F)F)c1)Nc1ccc(OCC(F)(F)F)nc1. The molecule has 2 rings (SSSR count). The third-order valence-corrected chi connectivity index (χ3v) is 3.05. The maximum Gasteiger partial charge on any atom is 0.422 e. The van der Waals surface area contributed by atoms with Crippen LogP contribution in [0, 0.1) is 0 Å². The number of hydrogen-bond donors (Lipinski definition) is 2. The van der Waals surface area contributed by atoms with E-state index in [1.165, 1.54) is 18.2 Å². The molecule has 2 N–H and O–H groups in total. The molecule has 11 heteroatoms. The Morgan fingerprint density at radius 1 is 1.04 bits per heavy atom. The zero-order valence-corrected chi connectivity index (χ0v) is 13.5. The summed E-state index contributed by atoms with van der Waals surface area (Å²) in [6.07, 6.45) is -7.90. The number of aromatic nitrogens is 1. The van der Waals surface area contributed by atoms with E-state index in [2.05, 4.69) is 20.4 Å². The lowest BCUT2D eigenvalue weighted by atomic mass is 10.2. The van der Waals surface area contributed by atoms with Crippen molar-refractivity contribution in [3.63, 3.8) is 0 Å². The van der Waals surface area contributed by atoms with Crippen LogP contribution in [0.15, 0.2) is 42.6 Å². The number of rotatable bonds is 6. The van der Waals surface area contributed by atoms with Gasteiger partial charge in [0, 0.05) is 11.8 Å². The molecule has 1 aromatic heterocycles. The molecule has 0 fully saturated rings. The van der Waals surface area contributed by atoms with E-state index in [-0.39, 0.29) is 23.8 Å². The minimum absolute atomic E-state index is 0.106. The molecule has 27 heavy (non-hydrogen) atoms. The number of nitrogens with one attached hydrogen (secondary N) is 2. The first-order chi connectivity index (χ1) is 12.5. The van der Waals surface area contributed by atoms with Crippen LogP contribution in [-0.4, -0.2) is 30.2 Å². The summed E-state index contributed by atoms with van der Waals surface area (Å²) in [5, 5.41) is 4.94. The number of anilines is 2. The minimum atomic E-state index is -4.50. The van der Waals surface area contributed by atoms with E-state index in [1.807, 2.05) is 0 Å². The zero-order valence-electron chi connectivity index (χ0n) is 13.5. The first-order valence-electron chi connectivity index (χ1n) is 7.39. The molecule has 0 unspecified atom stereocenters. The van der Waals surface area contributed by atoms with Crippen LogP contribution >= 0.6 is 0 Å². The number of amides is 1.